The van der Waals surface area contributed by atoms with Gasteiger partial charge in [-0.05, 0) is 61.7 Å². The lowest BCUT2D eigenvalue weighted by molar-refractivity contribution is -0.128. The van der Waals surface area contributed by atoms with Crippen molar-refractivity contribution in [2.75, 3.05) is 6.54 Å². The Morgan fingerprint density at radius 2 is 1.78 bits per heavy atom. The van der Waals surface area contributed by atoms with Crippen LogP contribution in [0.3, 0.4) is 0 Å². The van der Waals surface area contributed by atoms with E-state index in [0.29, 0.717) is 17.8 Å². The molecule has 4 heteroatoms. The minimum atomic E-state index is -0.409. The highest BCUT2D eigenvalue weighted by Gasteiger charge is 2.51. The molecular weight excluding hydrogens is 226 g/mol. The van der Waals surface area contributed by atoms with Gasteiger partial charge in [-0.1, -0.05) is 0 Å². The molecule has 0 aromatic heterocycles. The van der Waals surface area contributed by atoms with E-state index >= 15 is 0 Å². The van der Waals surface area contributed by atoms with Gasteiger partial charge in [0.25, 0.3) is 0 Å². The highest BCUT2D eigenvalue weighted by Crippen LogP contribution is 2.57. The van der Waals surface area contributed by atoms with Crippen molar-refractivity contribution in [3.63, 3.8) is 0 Å². The van der Waals surface area contributed by atoms with Gasteiger partial charge >= 0.3 is 0 Å². The molecule has 4 nitrogen and oxygen atoms in total. The summed E-state index contributed by atoms with van der Waals surface area (Å²) < 4.78 is 0. The molecule has 4 bridgehead atoms. The molecule has 98 valence electrons. The van der Waals surface area contributed by atoms with E-state index in [9.17, 15) is 4.79 Å². The first-order chi connectivity index (χ1) is 8.69. The topological polar surface area (TPSA) is 78.9 Å². The van der Waals surface area contributed by atoms with Crippen molar-refractivity contribution in [3.05, 3.63) is 0 Å². The smallest absolute Gasteiger partial charge is 0.238 e. The maximum atomic E-state index is 11.9. The second-order valence-electron chi connectivity index (χ2n) is 6.41. The van der Waals surface area contributed by atoms with Crippen LogP contribution in [0.1, 0.15) is 32.1 Å². The number of carbonyl (C=O) groups is 1. The Balaban J connectivity index is 1.69. The summed E-state index contributed by atoms with van der Waals surface area (Å²) in [4.78, 5) is 11.9. The van der Waals surface area contributed by atoms with E-state index in [0.717, 1.165) is 11.8 Å². The zero-order chi connectivity index (χ0) is 12.7. The van der Waals surface area contributed by atoms with Crippen molar-refractivity contribution in [2.45, 2.75) is 38.1 Å². The third-order valence-electron chi connectivity index (χ3n) is 5.36. The van der Waals surface area contributed by atoms with Crippen molar-refractivity contribution in [2.24, 2.45) is 35.3 Å². The van der Waals surface area contributed by atoms with E-state index in [4.69, 9.17) is 11.0 Å². The van der Waals surface area contributed by atoms with Crippen LogP contribution < -0.4 is 11.1 Å². The van der Waals surface area contributed by atoms with Crippen molar-refractivity contribution in [1.82, 2.24) is 5.32 Å². The summed E-state index contributed by atoms with van der Waals surface area (Å²) in [5.41, 5.74) is 6.16. The highest BCUT2D eigenvalue weighted by atomic mass is 16.2. The van der Waals surface area contributed by atoms with Crippen LogP contribution in [0, 0.1) is 40.9 Å². The van der Waals surface area contributed by atoms with E-state index in [2.05, 4.69) is 5.32 Å². The summed E-state index contributed by atoms with van der Waals surface area (Å²) in [5, 5.41) is 11.1. The molecule has 4 aliphatic carbocycles. The third-order valence-corrected chi connectivity index (χ3v) is 5.36. The monoisotopic (exact) mass is 247 g/mol. The second-order valence-corrected chi connectivity index (χ2v) is 6.41. The van der Waals surface area contributed by atoms with Crippen molar-refractivity contribution in [3.8, 4) is 6.07 Å². The molecule has 4 saturated carbocycles. The van der Waals surface area contributed by atoms with Crippen LogP contribution in [0.5, 0.6) is 0 Å². The number of hydrogen-bond donors (Lipinski definition) is 2. The van der Waals surface area contributed by atoms with Gasteiger partial charge in [0.2, 0.25) is 5.91 Å². The van der Waals surface area contributed by atoms with E-state index in [1.807, 2.05) is 6.07 Å². The van der Waals surface area contributed by atoms with Crippen LogP contribution >= 0.6 is 0 Å². The Labute approximate surface area is 108 Å². The summed E-state index contributed by atoms with van der Waals surface area (Å²) in [6, 6.07) is 1.52. The summed E-state index contributed by atoms with van der Waals surface area (Å²) in [6.45, 7) is 0.0693. The van der Waals surface area contributed by atoms with E-state index in [1.165, 1.54) is 32.1 Å². The van der Waals surface area contributed by atoms with Gasteiger partial charge in [0.05, 0.1) is 12.1 Å². The van der Waals surface area contributed by atoms with Crippen LogP contribution in [-0.4, -0.2) is 18.5 Å². The molecule has 4 aliphatic rings. The van der Waals surface area contributed by atoms with E-state index in [1.54, 1.807) is 0 Å². The summed E-state index contributed by atoms with van der Waals surface area (Å²) in [6.07, 6.45) is 6.51. The molecule has 0 saturated heterocycles. The molecule has 1 amide bonds. The Hall–Kier alpha value is -1.08. The van der Waals surface area contributed by atoms with Crippen molar-refractivity contribution in [1.29, 1.82) is 5.26 Å². The first kappa shape index (κ1) is 12.0. The molecule has 0 aliphatic heterocycles. The maximum absolute atomic E-state index is 11.9. The van der Waals surface area contributed by atoms with Crippen LogP contribution in [0.15, 0.2) is 0 Å². The molecule has 0 heterocycles. The van der Waals surface area contributed by atoms with E-state index < -0.39 is 6.04 Å². The fourth-order valence-electron chi connectivity index (χ4n) is 4.97. The molecule has 0 aromatic rings. The molecule has 18 heavy (non-hydrogen) atoms. The Kier molecular flexibility index (Phi) is 3.03. The SMILES string of the molecule is N#CCNC(=O)C(N)C1C2CC3CC(C2)CC1C3. The van der Waals surface area contributed by atoms with Gasteiger partial charge in [0, 0.05) is 0 Å². The van der Waals surface area contributed by atoms with Gasteiger partial charge in [0.1, 0.15) is 6.54 Å². The maximum Gasteiger partial charge on any atom is 0.238 e. The summed E-state index contributed by atoms with van der Waals surface area (Å²) in [5.74, 6) is 3.34. The lowest BCUT2D eigenvalue weighted by atomic mass is 9.50. The number of nitrogens with one attached hydrogen (secondary N) is 1. The standard InChI is InChI=1S/C14H21N3O/c15-1-2-17-14(18)13(16)12-10-4-8-3-9(6-10)7-11(12)5-8/h8-13H,2-7,16H2,(H,17,18). The molecule has 0 aromatic carbocycles. The average Bonchev–Trinajstić information content (AvgIpc) is 2.34. The Morgan fingerprint density at radius 3 is 2.28 bits per heavy atom. The van der Waals surface area contributed by atoms with Gasteiger partial charge < -0.3 is 11.1 Å². The molecule has 0 radical (unpaired) electrons. The van der Waals surface area contributed by atoms with Crippen LogP contribution in [0.4, 0.5) is 0 Å². The highest BCUT2D eigenvalue weighted by molar-refractivity contribution is 5.82. The third kappa shape index (κ3) is 1.91. The van der Waals surface area contributed by atoms with Crippen LogP contribution in [0.2, 0.25) is 0 Å². The zero-order valence-corrected chi connectivity index (χ0v) is 10.6. The van der Waals surface area contributed by atoms with Gasteiger partial charge in [-0.25, -0.2) is 0 Å². The number of nitriles is 1. The Bertz CT molecular complexity index is 359. The number of nitrogens with two attached hydrogens (primary N) is 1. The van der Waals surface area contributed by atoms with Crippen LogP contribution in [0.25, 0.3) is 0 Å². The molecule has 1 unspecified atom stereocenters. The average molecular weight is 247 g/mol. The molecule has 3 N–H and O–H groups in total. The van der Waals surface area contributed by atoms with Gasteiger partial charge in [0.15, 0.2) is 0 Å². The predicted molar refractivity (Wildman–Crippen MR) is 67.1 cm³/mol. The fourth-order valence-corrected chi connectivity index (χ4v) is 4.97. The zero-order valence-electron chi connectivity index (χ0n) is 10.6. The Morgan fingerprint density at radius 1 is 1.22 bits per heavy atom. The largest absolute Gasteiger partial charge is 0.342 e. The minimum absolute atomic E-state index is 0.0693. The van der Waals surface area contributed by atoms with Crippen LogP contribution in [-0.2, 0) is 4.79 Å². The van der Waals surface area contributed by atoms with E-state index in [-0.39, 0.29) is 12.5 Å². The number of carbonyl (C=O) groups excluding carboxylic acids is 1. The summed E-state index contributed by atoms with van der Waals surface area (Å²) in [7, 11) is 0. The number of nitrogens with zero attached hydrogens (tertiary/aromatic N) is 1. The second kappa shape index (κ2) is 4.55. The quantitative estimate of drug-likeness (QED) is 0.731. The van der Waals surface area contributed by atoms with Gasteiger partial charge in [-0.3, -0.25) is 4.79 Å². The first-order valence-electron chi connectivity index (χ1n) is 7.09. The van der Waals surface area contributed by atoms with Crippen molar-refractivity contribution >= 4 is 5.91 Å². The minimum Gasteiger partial charge on any atom is -0.342 e. The normalized spacial score (nSPS) is 42.3. The lowest BCUT2D eigenvalue weighted by Crippen LogP contribution is -2.56. The molecule has 4 rings (SSSR count). The number of hydrogen-bond acceptors (Lipinski definition) is 3. The predicted octanol–water partition coefficient (Wildman–Crippen LogP) is 1.03. The molecule has 4 fully saturated rings. The van der Waals surface area contributed by atoms with Crippen molar-refractivity contribution < 1.29 is 4.79 Å². The van der Waals surface area contributed by atoms with Gasteiger partial charge in [-0.15, -0.1) is 0 Å². The fraction of sp³-hybridized carbons (Fsp3) is 0.857. The number of rotatable bonds is 3. The first-order valence-corrected chi connectivity index (χ1v) is 7.09. The van der Waals surface area contributed by atoms with Gasteiger partial charge in [-0.2, -0.15) is 5.26 Å². The lowest BCUT2D eigenvalue weighted by Gasteiger charge is -2.55. The number of amides is 1. The summed E-state index contributed by atoms with van der Waals surface area (Å²) >= 11 is 0. The molecular formula is C14H21N3O. The molecule has 1 atom stereocenters. The molecule has 0 spiro atoms.